The number of nitrogens with zero attached hydrogens (tertiary/aromatic N) is 1. The van der Waals surface area contributed by atoms with E-state index in [-0.39, 0.29) is 36.3 Å². The van der Waals surface area contributed by atoms with Gasteiger partial charge in [-0.05, 0) is 63.8 Å². The van der Waals surface area contributed by atoms with E-state index in [4.69, 9.17) is 11.6 Å². The molecule has 2 amide bonds. The summed E-state index contributed by atoms with van der Waals surface area (Å²) >= 11 is 6.35. The molecule has 0 radical (unpaired) electrons. The van der Waals surface area contributed by atoms with E-state index < -0.39 is 0 Å². The van der Waals surface area contributed by atoms with Crippen molar-refractivity contribution in [1.82, 2.24) is 10.2 Å². The van der Waals surface area contributed by atoms with Crippen LogP contribution in [0.25, 0.3) is 0 Å². The first kappa shape index (κ1) is 21.0. The van der Waals surface area contributed by atoms with Gasteiger partial charge in [0, 0.05) is 18.3 Å². The number of benzene rings is 1. The van der Waals surface area contributed by atoms with Crippen LogP contribution in [0.3, 0.4) is 0 Å². The van der Waals surface area contributed by atoms with Crippen LogP contribution in [0.4, 0.5) is 5.69 Å². The van der Waals surface area contributed by atoms with E-state index in [1.807, 2.05) is 4.90 Å². The number of anilines is 1. The van der Waals surface area contributed by atoms with E-state index in [1.54, 1.807) is 18.2 Å². The molecule has 2 aliphatic rings. The summed E-state index contributed by atoms with van der Waals surface area (Å²) in [6.45, 7) is 3.74. The van der Waals surface area contributed by atoms with Gasteiger partial charge in [-0.15, -0.1) is 12.4 Å². The van der Waals surface area contributed by atoms with Gasteiger partial charge in [0.2, 0.25) is 5.91 Å². The Balaban J connectivity index is 0.00000243. The monoisotopic (exact) mass is 399 g/mol. The van der Waals surface area contributed by atoms with Crippen LogP contribution >= 0.6 is 24.0 Å². The maximum atomic E-state index is 12.8. The Bertz CT molecular complexity index is 648. The summed E-state index contributed by atoms with van der Waals surface area (Å²) in [5.74, 6) is -0.0662. The number of nitrogens with one attached hydrogen (secondary N) is 2. The SMILES string of the molecule is CC1CCCCN1C(=O)c1ccc(NC(=O)C2CCCCN2)cc1Cl.Cl. The highest BCUT2D eigenvalue weighted by Gasteiger charge is 2.26. The molecule has 2 unspecified atom stereocenters. The number of piperidine rings is 2. The Kier molecular flexibility index (Phi) is 7.74. The smallest absolute Gasteiger partial charge is 0.255 e. The average molecular weight is 400 g/mol. The molecule has 7 heteroatoms. The quantitative estimate of drug-likeness (QED) is 0.810. The number of hydrogen-bond acceptors (Lipinski definition) is 3. The van der Waals surface area contributed by atoms with Gasteiger partial charge in [0.1, 0.15) is 0 Å². The van der Waals surface area contributed by atoms with Crippen LogP contribution in [-0.2, 0) is 4.79 Å². The van der Waals surface area contributed by atoms with Crippen molar-refractivity contribution in [2.75, 3.05) is 18.4 Å². The molecule has 26 heavy (non-hydrogen) atoms. The lowest BCUT2D eigenvalue weighted by molar-refractivity contribution is -0.118. The third kappa shape index (κ3) is 4.90. The minimum atomic E-state index is -0.150. The summed E-state index contributed by atoms with van der Waals surface area (Å²) in [5, 5.41) is 6.51. The zero-order valence-corrected chi connectivity index (χ0v) is 16.7. The van der Waals surface area contributed by atoms with E-state index in [9.17, 15) is 9.59 Å². The number of amides is 2. The minimum absolute atomic E-state index is 0. The van der Waals surface area contributed by atoms with E-state index in [1.165, 1.54) is 6.42 Å². The summed E-state index contributed by atoms with van der Waals surface area (Å²) in [6, 6.07) is 5.24. The highest BCUT2D eigenvalue weighted by Crippen LogP contribution is 2.26. The molecule has 3 rings (SSSR count). The van der Waals surface area contributed by atoms with Crippen molar-refractivity contribution in [3.8, 4) is 0 Å². The first-order chi connectivity index (χ1) is 12.1. The van der Waals surface area contributed by atoms with Crippen molar-refractivity contribution in [3.05, 3.63) is 28.8 Å². The highest BCUT2D eigenvalue weighted by atomic mass is 35.5. The van der Waals surface area contributed by atoms with Crippen molar-refractivity contribution >= 4 is 41.5 Å². The predicted octanol–water partition coefficient (Wildman–Crippen LogP) is 3.86. The lowest BCUT2D eigenvalue weighted by atomic mass is 10.0. The first-order valence-electron chi connectivity index (χ1n) is 9.21. The molecule has 1 aromatic rings. The molecular formula is C19H27Cl2N3O2. The number of halogens is 2. The third-order valence-corrected chi connectivity index (χ3v) is 5.47. The second kappa shape index (κ2) is 9.58. The predicted molar refractivity (Wildman–Crippen MR) is 107 cm³/mol. The maximum Gasteiger partial charge on any atom is 0.255 e. The van der Waals surface area contributed by atoms with Crippen LogP contribution in [0.2, 0.25) is 5.02 Å². The molecule has 2 aliphatic heterocycles. The largest absolute Gasteiger partial charge is 0.336 e. The van der Waals surface area contributed by atoms with Crippen LogP contribution in [0.15, 0.2) is 18.2 Å². The standard InChI is InChI=1S/C19H26ClN3O2.ClH/c1-13-6-3-5-11-23(13)19(25)15-9-8-14(12-16(15)20)22-18(24)17-7-2-4-10-21-17;/h8-9,12-13,17,21H,2-7,10-11H2,1H3,(H,22,24);1H. The zero-order valence-electron chi connectivity index (χ0n) is 15.1. The highest BCUT2D eigenvalue weighted by molar-refractivity contribution is 6.34. The van der Waals surface area contributed by atoms with Crippen LogP contribution in [0.1, 0.15) is 55.8 Å². The molecule has 2 N–H and O–H groups in total. The van der Waals surface area contributed by atoms with Gasteiger partial charge < -0.3 is 15.5 Å². The average Bonchev–Trinajstić information content (AvgIpc) is 2.62. The molecule has 144 valence electrons. The molecule has 0 spiro atoms. The van der Waals surface area contributed by atoms with Crippen molar-refractivity contribution in [3.63, 3.8) is 0 Å². The second-order valence-corrected chi connectivity index (χ2v) is 7.44. The Morgan fingerprint density at radius 3 is 2.62 bits per heavy atom. The van der Waals surface area contributed by atoms with Crippen molar-refractivity contribution in [1.29, 1.82) is 0 Å². The Morgan fingerprint density at radius 1 is 1.19 bits per heavy atom. The van der Waals surface area contributed by atoms with Gasteiger partial charge >= 0.3 is 0 Å². The molecule has 0 saturated carbocycles. The number of carbonyl (C=O) groups excluding carboxylic acids is 2. The molecule has 1 aromatic carbocycles. The summed E-state index contributed by atoms with van der Waals surface area (Å²) in [4.78, 5) is 26.9. The summed E-state index contributed by atoms with van der Waals surface area (Å²) in [6.07, 6.45) is 6.26. The topological polar surface area (TPSA) is 61.4 Å². The Labute approximate surface area is 166 Å². The minimum Gasteiger partial charge on any atom is -0.336 e. The number of carbonyl (C=O) groups is 2. The third-order valence-electron chi connectivity index (χ3n) is 5.16. The molecular weight excluding hydrogens is 373 g/mol. The lowest BCUT2D eigenvalue weighted by Crippen LogP contribution is -2.43. The van der Waals surface area contributed by atoms with Crippen LogP contribution < -0.4 is 10.6 Å². The molecule has 2 heterocycles. The molecule has 0 aliphatic carbocycles. The fourth-order valence-electron chi connectivity index (χ4n) is 3.63. The normalized spacial score (nSPS) is 23.1. The van der Waals surface area contributed by atoms with Gasteiger partial charge in [0.05, 0.1) is 16.6 Å². The number of hydrogen-bond donors (Lipinski definition) is 2. The van der Waals surface area contributed by atoms with Crippen LogP contribution in [0, 0.1) is 0 Å². The van der Waals surface area contributed by atoms with Gasteiger partial charge in [-0.2, -0.15) is 0 Å². The second-order valence-electron chi connectivity index (χ2n) is 7.03. The lowest BCUT2D eigenvalue weighted by Gasteiger charge is -2.33. The Morgan fingerprint density at radius 2 is 1.96 bits per heavy atom. The summed E-state index contributed by atoms with van der Waals surface area (Å²) in [7, 11) is 0. The molecule has 2 atom stereocenters. The Hall–Kier alpha value is -1.30. The van der Waals surface area contributed by atoms with Crippen molar-refractivity contribution in [2.45, 2.75) is 57.5 Å². The molecule has 0 aromatic heterocycles. The van der Waals surface area contributed by atoms with E-state index in [0.29, 0.717) is 16.3 Å². The first-order valence-corrected chi connectivity index (χ1v) is 9.59. The number of likely N-dealkylation sites (tertiary alicyclic amines) is 1. The van der Waals surface area contributed by atoms with Gasteiger partial charge in [0.25, 0.3) is 5.91 Å². The zero-order chi connectivity index (χ0) is 17.8. The van der Waals surface area contributed by atoms with E-state index >= 15 is 0 Å². The van der Waals surface area contributed by atoms with E-state index in [0.717, 1.165) is 45.2 Å². The van der Waals surface area contributed by atoms with Gasteiger partial charge in [-0.3, -0.25) is 9.59 Å². The summed E-state index contributed by atoms with van der Waals surface area (Å²) < 4.78 is 0. The van der Waals surface area contributed by atoms with Crippen molar-refractivity contribution < 1.29 is 9.59 Å². The maximum absolute atomic E-state index is 12.8. The summed E-state index contributed by atoms with van der Waals surface area (Å²) in [5.41, 5.74) is 1.13. The van der Waals surface area contributed by atoms with Crippen LogP contribution in [-0.4, -0.2) is 41.9 Å². The van der Waals surface area contributed by atoms with Gasteiger partial charge in [-0.1, -0.05) is 18.0 Å². The van der Waals surface area contributed by atoms with Gasteiger partial charge in [-0.25, -0.2) is 0 Å². The van der Waals surface area contributed by atoms with Gasteiger partial charge in [0.15, 0.2) is 0 Å². The number of rotatable bonds is 3. The van der Waals surface area contributed by atoms with Crippen molar-refractivity contribution in [2.24, 2.45) is 0 Å². The molecule has 0 bridgehead atoms. The molecule has 2 fully saturated rings. The molecule has 2 saturated heterocycles. The fourth-order valence-corrected chi connectivity index (χ4v) is 3.89. The van der Waals surface area contributed by atoms with Crippen LogP contribution in [0.5, 0.6) is 0 Å². The fraction of sp³-hybridized carbons (Fsp3) is 0.579. The van der Waals surface area contributed by atoms with E-state index in [2.05, 4.69) is 17.6 Å². The molecule has 5 nitrogen and oxygen atoms in total.